The topological polar surface area (TPSA) is 58.6 Å². The number of carbonyl (C=O) groups excluding carboxylic acids is 2. The Morgan fingerprint density at radius 1 is 1.00 bits per heavy atom. The second kappa shape index (κ2) is 10.1. The van der Waals surface area contributed by atoms with E-state index in [1.165, 1.54) is 24.3 Å². The molecule has 0 aromatic heterocycles. The van der Waals surface area contributed by atoms with Crippen LogP contribution in [0.15, 0.2) is 54.6 Å². The Morgan fingerprint density at radius 2 is 1.68 bits per heavy atom. The lowest BCUT2D eigenvalue weighted by Crippen LogP contribution is -2.43. The van der Waals surface area contributed by atoms with Crippen molar-refractivity contribution >= 4 is 11.7 Å². The molecule has 0 aliphatic carbocycles. The number of nitrogens with one attached hydrogen (secondary N) is 1. The maximum absolute atomic E-state index is 13.0. The number of halogens is 1. The number of ether oxygens (including phenoxy) is 1. The molecule has 1 aliphatic rings. The van der Waals surface area contributed by atoms with Crippen LogP contribution in [0.25, 0.3) is 0 Å². The Hall–Kier alpha value is -2.57. The maximum atomic E-state index is 13.0. The Bertz CT molecular complexity index is 774. The summed E-state index contributed by atoms with van der Waals surface area (Å²) in [7, 11) is 0. The molecule has 148 valence electrons. The predicted octanol–water partition coefficient (Wildman–Crippen LogP) is 2.98. The number of carbonyl (C=O) groups is 2. The van der Waals surface area contributed by atoms with E-state index in [2.05, 4.69) is 10.2 Å². The van der Waals surface area contributed by atoms with Gasteiger partial charge < -0.3 is 10.1 Å². The Morgan fingerprint density at radius 3 is 2.36 bits per heavy atom. The minimum Gasteiger partial charge on any atom is -0.379 e. The molecule has 0 radical (unpaired) electrons. The molecule has 2 aromatic rings. The molecular weight excluding hydrogens is 359 g/mol. The average molecular weight is 384 g/mol. The highest BCUT2D eigenvalue weighted by Gasteiger charge is 2.20. The molecule has 5 nitrogen and oxygen atoms in total. The molecule has 1 amide bonds. The summed E-state index contributed by atoms with van der Waals surface area (Å²) in [5, 5.41) is 3.06. The second-order valence-corrected chi connectivity index (χ2v) is 6.87. The van der Waals surface area contributed by atoms with Crippen LogP contribution in [-0.4, -0.2) is 49.4 Å². The van der Waals surface area contributed by atoms with Crippen LogP contribution in [0.3, 0.4) is 0 Å². The van der Waals surface area contributed by atoms with Crippen molar-refractivity contribution in [2.45, 2.75) is 18.9 Å². The molecule has 1 heterocycles. The number of nitrogens with zero attached hydrogens (tertiary/aromatic N) is 1. The van der Waals surface area contributed by atoms with Gasteiger partial charge in [0, 0.05) is 38.0 Å². The smallest absolute Gasteiger partial charge is 0.220 e. The van der Waals surface area contributed by atoms with Crippen molar-refractivity contribution in [3.8, 4) is 0 Å². The number of morpholine rings is 1. The fourth-order valence-corrected chi connectivity index (χ4v) is 3.24. The number of hydrogen-bond acceptors (Lipinski definition) is 4. The third-order valence-corrected chi connectivity index (χ3v) is 4.83. The molecule has 1 aliphatic heterocycles. The number of hydrogen-bond donors (Lipinski definition) is 1. The lowest BCUT2D eigenvalue weighted by atomic mass is 10.0. The highest BCUT2D eigenvalue weighted by molar-refractivity contribution is 5.97. The van der Waals surface area contributed by atoms with E-state index in [-0.39, 0.29) is 36.4 Å². The van der Waals surface area contributed by atoms with E-state index >= 15 is 0 Å². The SMILES string of the molecule is O=C(CCC(=O)c1ccc(F)cc1)N[C@@H](CN1CCOCC1)c1ccccc1. The van der Waals surface area contributed by atoms with Crippen LogP contribution >= 0.6 is 0 Å². The number of rotatable bonds is 8. The fraction of sp³-hybridized carbons (Fsp3) is 0.364. The summed E-state index contributed by atoms with van der Waals surface area (Å²) in [4.78, 5) is 27.0. The summed E-state index contributed by atoms with van der Waals surface area (Å²) in [5.74, 6) is -0.722. The van der Waals surface area contributed by atoms with Gasteiger partial charge in [-0.15, -0.1) is 0 Å². The minimum atomic E-state index is -0.386. The summed E-state index contributed by atoms with van der Waals surface area (Å²) in [6, 6.07) is 15.1. The zero-order valence-electron chi connectivity index (χ0n) is 15.8. The molecule has 6 heteroatoms. The normalized spacial score (nSPS) is 15.8. The molecule has 0 spiro atoms. The van der Waals surface area contributed by atoms with Gasteiger partial charge >= 0.3 is 0 Å². The van der Waals surface area contributed by atoms with Gasteiger partial charge in [-0.1, -0.05) is 30.3 Å². The summed E-state index contributed by atoms with van der Waals surface area (Å²) >= 11 is 0. The predicted molar refractivity (Wildman–Crippen MR) is 105 cm³/mol. The van der Waals surface area contributed by atoms with Crippen LogP contribution in [0.5, 0.6) is 0 Å². The fourth-order valence-electron chi connectivity index (χ4n) is 3.24. The van der Waals surface area contributed by atoms with E-state index in [1.54, 1.807) is 0 Å². The summed E-state index contributed by atoms with van der Waals surface area (Å²) in [6.45, 7) is 3.76. The standard InChI is InChI=1S/C22H25FN2O3/c23-19-8-6-18(7-9-19)21(26)10-11-22(27)24-20(17-4-2-1-3-5-17)16-25-12-14-28-15-13-25/h1-9,20H,10-16H2,(H,24,27)/t20-/m0/s1. The van der Waals surface area contributed by atoms with Crippen LogP contribution in [0.2, 0.25) is 0 Å². The van der Waals surface area contributed by atoms with Gasteiger partial charge in [0.05, 0.1) is 19.3 Å². The number of amides is 1. The van der Waals surface area contributed by atoms with Crippen molar-refractivity contribution in [1.82, 2.24) is 10.2 Å². The largest absolute Gasteiger partial charge is 0.379 e. The highest BCUT2D eigenvalue weighted by Crippen LogP contribution is 2.16. The van der Waals surface area contributed by atoms with E-state index in [0.717, 1.165) is 18.7 Å². The van der Waals surface area contributed by atoms with Crippen LogP contribution in [0, 0.1) is 5.82 Å². The summed E-state index contributed by atoms with van der Waals surface area (Å²) < 4.78 is 18.4. The first-order valence-corrected chi connectivity index (χ1v) is 9.55. The van der Waals surface area contributed by atoms with Crippen LogP contribution in [-0.2, 0) is 9.53 Å². The third kappa shape index (κ3) is 5.97. The molecular formula is C22H25FN2O3. The van der Waals surface area contributed by atoms with Crippen molar-refractivity contribution in [2.24, 2.45) is 0 Å². The van der Waals surface area contributed by atoms with Gasteiger partial charge in [-0.05, 0) is 29.8 Å². The molecule has 1 fully saturated rings. The molecule has 0 saturated carbocycles. The van der Waals surface area contributed by atoms with Crippen molar-refractivity contribution in [3.63, 3.8) is 0 Å². The molecule has 0 unspecified atom stereocenters. The Labute approximate surface area is 164 Å². The molecule has 28 heavy (non-hydrogen) atoms. The number of benzene rings is 2. The molecule has 1 N–H and O–H groups in total. The highest BCUT2D eigenvalue weighted by atomic mass is 19.1. The Balaban J connectivity index is 1.57. The number of Topliss-reactive ketones (excluding diaryl/α,β-unsaturated/α-hetero) is 1. The van der Waals surface area contributed by atoms with Gasteiger partial charge in [0.2, 0.25) is 5.91 Å². The third-order valence-electron chi connectivity index (χ3n) is 4.83. The van der Waals surface area contributed by atoms with Gasteiger partial charge in [-0.2, -0.15) is 0 Å². The Kier molecular flexibility index (Phi) is 7.28. The summed E-state index contributed by atoms with van der Waals surface area (Å²) in [5.41, 5.74) is 1.45. The molecule has 1 saturated heterocycles. The first-order valence-electron chi connectivity index (χ1n) is 9.55. The lowest BCUT2D eigenvalue weighted by molar-refractivity contribution is -0.122. The van der Waals surface area contributed by atoms with Gasteiger partial charge in [0.15, 0.2) is 5.78 Å². The van der Waals surface area contributed by atoms with Gasteiger partial charge in [-0.3, -0.25) is 14.5 Å². The van der Waals surface area contributed by atoms with E-state index < -0.39 is 0 Å². The second-order valence-electron chi connectivity index (χ2n) is 6.87. The van der Waals surface area contributed by atoms with E-state index in [9.17, 15) is 14.0 Å². The van der Waals surface area contributed by atoms with E-state index in [1.807, 2.05) is 30.3 Å². The van der Waals surface area contributed by atoms with Crippen molar-refractivity contribution in [1.29, 1.82) is 0 Å². The first-order chi connectivity index (χ1) is 13.6. The van der Waals surface area contributed by atoms with E-state index in [4.69, 9.17) is 4.74 Å². The molecule has 2 aromatic carbocycles. The zero-order chi connectivity index (χ0) is 19.8. The molecule has 0 bridgehead atoms. The van der Waals surface area contributed by atoms with Gasteiger partial charge in [0.1, 0.15) is 5.82 Å². The monoisotopic (exact) mass is 384 g/mol. The zero-order valence-corrected chi connectivity index (χ0v) is 15.8. The minimum absolute atomic E-state index is 0.0938. The van der Waals surface area contributed by atoms with Gasteiger partial charge in [0.25, 0.3) is 0 Å². The first kappa shape index (κ1) is 20.2. The molecule has 3 rings (SSSR count). The summed E-state index contributed by atoms with van der Waals surface area (Å²) in [6.07, 6.45) is 0.194. The van der Waals surface area contributed by atoms with Crippen LogP contribution in [0.1, 0.15) is 34.8 Å². The van der Waals surface area contributed by atoms with Crippen molar-refractivity contribution in [3.05, 3.63) is 71.5 Å². The van der Waals surface area contributed by atoms with Gasteiger partial charge in [-0.25, -0.2) is 4.39 Å². The average Bonchev–Trinajstić information content (AvgIpc) is 2.73. The lowest BCUT2D eigenvalue weighted by Gasteiger charge is -2.31. The number of ketones is 1. The van der Waals surface area contributed by atoms with Crippen molar-refractivity contribution in [2.75, 3.05) is 32.8 Å². The van der Waals surface area contributed by atoms with Crippen molar-refractivity contribution < 1.29 is 18.7 Å². The van der Waals surface area contributed by atoms with Crippen LogP contribution in [0.4, 0.5) is 4.39 Å². The van der Waals surface area contributed by atoms with E-state index in [0.29, 0.717) is 25.3 Å². The van der Waals surface area contributed by atoms with Crippen LogP contribution < -0.4 is 5.32 Å². The quantitative estimate of drug-likeness (QED) is 0.711. The maximum Gasteiger partial charge on any atom is 0.220 e. The molecule has 1 atom stereocenters.